The molecule has 2 rings (SSSR count). The number of nitrogens with two attached hydrogens (primary N) is 1. The van der Waals surface area contributed by atoms with E-state index >= 15 is 0 Å². The van der Waals surface area contributed by atoms with Gasteiger partial charge in [0.05, 0.1) is 12.6 Å². The van der Waals surface area contributed by atoms with E-state index in [1.165, 1.54) is 20.8 Å². The molecule has 0 radical (unpaired) electrons. The van der Waals surface area contributed by atoms with Gasteiger partial charge in [-0.1, -0.05) is 60.7 Å². The average molecular weight is 543 g/mol. The molecular formula is C28H34N2O9. The van der Waals surface area contributed by atoms with Crippen molar-refractivity contribution in [2.24, 2.45) is 11.7 Å². The van der Waals surface area contributed by atoms with E-state index in [9.17, 15) is 34.2 Å². The number of aliphatic carboxylic acids is 3. The number of benzene rings is 2. The minimum atomic E-state index is -3.06. The summed E-state index contributed by atoms with van der Waals surface area (Å²) in [4.78, 5) is 65.5. The first-order chi connectivity index (χ1) is 18.2. The summed E-state index contributed by atoms with van der Waals surface area (Å²) in [6.45, 7) is 4.10. The van der Waals surface area contributed by atoms with E-state index in [-0.39, 0.29) is 0 Å². The van der Waals surface area contributed by atoms with Gasteiger partial charge in [-0.25, -0.2) is 9.59 Å². The maximum absolute atomic E-state index is 14.0. The van der Waals surface area contributed by atoms with Crippen LogP contribution in [0.2, 0.25) is 0 Å². The van der Waals surface area contributed by atoms with Gasteiger partial charge >= 0.3 is 24.0 Å². The predicted octanol–water partition coefficient (Wildman–Crippen LogP) is 2.95. The summed E-state index contributed by atoms with van der Waals surface area (Å²) in [5.74, 6) is -8.21. The van der Waals surface area contributed by atoms with Crippen molar-refractivity contribution in [3.8, 4) is 0 Å². The van der Waals surface area contributed by atoms with E-state index in [0.717, 1.165) is 0 Å². The highest BCUT2D eigenvalue weighted by Gasteiger charge is 2.62. The number of carbonyl (C=O) groups excluding carboxylic acids is 2. The lowest BCUT2D eigenvalue weighted by Crippen LogP contribution is -2.71. The van der Waals surface area contributed by atoms with Crippen LogP contribution < -0.4 is 5.73 Å². The normalized spacial score (nSPS) is 14.4. The van der Waals surface area contributed by atoms with Crippen LogP contribution in [0.15, 0.2) is 60.7 Å². The topological polar surface area (TPSA) is 185 Å². The zero-order valence-electron chi connectivity index (χ0n) is 22.1. The molecule has 1 amide bonds. The molecule has 0 spiro atoms. The maximum Gasteiger partial charge on any atom is 0.411 e. The minimum absolute atomic E-state index is 0.393. The fourth-order valence-corrected chi connectivity index (χ4v) is 4.24. The quantitative estimate of drug-likeness (QED) is 0.274. The maximum atomic E-state index is 14.0. The van der Waals surface area contributed by atoms with Gasteiger partial charge in [-0.05, 0) is 44.7 Å². The van der Waals surface area contributed by atoms with Crippen LogP contribution in [-0.2, 0) is 36.9 Å². The Morgan fingerprint density at radius 3 is 1.82 bits per heavy atom. The van der Waals surface area contributed by atoms with Crippen molar-refractivity contribution < 1.29 is 44.0 Å². The molecule has 0 bridgehead atoms. The highest BCUT2D eigenvalue weighted by molar-refractivity contribution is 6.15. The standard InChI is InChI=1S/C28H34N2O9/c1-27(2,3)39-26(38)30(17-19-12-8-5-9-13-19)28(25(36)37,23(33)21(29)14-15-22(31)32)20(24(34)35)16-18-10-6-4-7-11-18/h4-13,20-21H,14-17,29H2,1-3H3,(H,31,32)(H,34,35)(H,36,37)/t20?,21-,28+/m0/s1. The van der Waals surface area contributed by atoms with E-state index in [4.69, 9.17) is 15.6 Å². The first kappa shape index (κ1) is 31.0. The van der Waals surface area contributed by atoms with Gasteiger partial charge in [0.1, 0.15) is 11.5 Å². The first-order valence-corrected chi connectivity index (χ1v) is 12.3. The first-order valence-electron chi connectivity index (χ1n) is 12.3. The second-order valence-electron chi connectivity index (χ2n) is 10.1. The Labute approximate surface area is 226 Å². The summed E-state index contributed by atoms with van der Waals surface area (Å²) in [7, 11) is 0. The van der Waals surface area contributed by atoms with Crippen molar-refractivity contribution in [3.63, 3.8) is 0 Å². The van der Waals surface area contributed by atoms with Crippen molar-refractivity contribution in [2.45, 2.75) is 63.8 Å². The fraction of sp³-hybridized carbons (Fsp3) is 0.393. The molecule has 1 unspecified atom stereocenters. The van der Waals surface area contributed by atoms with E-state index in [1.807, 2.05) is 0 Å². The second kappa shape index (κ2) is 13.0. The average Bonchev–Trinajstić information content (AvgIpc) is 2.86. The Hall–Kier alpha value is -4.25. The lowest BCUT2D eigenvalue weighted by molar-refractivity contribution is -0.171. The molecule has 0 saturated carbocycles. The Kier molecular flexibility index (Phi) is 10.3. The van der Waals surface area contributed by atoms with E-state index in [0.29, 0.717) is 16.0 Å². The van der Waals surface area contributed by atoms with Crippen molar-refractivity contribution >= 4 is 29.8 Å². The van der Waals surface area contributed by atoms with Gasteiger partial charge in [0.2, 0.25) is 5.54 Å². The Morgan fingerprint density at radius 2 is 1.38 bits per heavy atom. The molecule has 0 aliphatic heterocycles. The third-order valence-corrected chi connectivity index (χ3v) is 6.02. The van der Waals surface area contributed by atoms with Gasteiger partial charge in [-0.2, -0.15) is 0 Å². The molecule has 0 aliphatic carbocycles. The predicted molar refractivity (Wildman–Crippen MR) is 140 cm³/mol. The van der Waals surface area contributed by atoms with Crippen LogP contribution in [0, 0.1) is 5.92 Å². The highest BCUT2D eigenvalue weighted by Crippen LogP contribution is 2.35. The van der Waals surface area contributed by atoms with E-state index in [2.05, 4.69) is 0 Å². The monoisotopic (exact) mass is 542 g/mol. The minimum Gasteiger partial charge on any atom is -0.481 e. The number of rotatable bonds is 13. The molecule has 0 saturated heterocycles. The van der Waals surface area contributed by atoms with Crippen molar-refractivity contribution in [2.75, 3.05) is 0 Å². The number of hydrogen-bond donors (Lipinski definition) is 4. The summed E-state index contributed by atoms with van der Waals surface area (Å²) in [6.07, 6.45) is -2.75. The molecule has 5 N–H and O–H groups in total. The van der Waals surface area contributed by atoms with Crippen LogP contribution in [-0.4, -0.2) is 67.2 Å². The van der Waals surface area contributed by atoms with Gasteiger partial charge in [0.15, 0.2) is 5.78 Å². The van der Waals surface area contributed by atoms with Crippen molar-refractivity contribution in [1.82, 2.24) is 4.90 Å². The molecule has 0 aromatic heterocycles. The molecule has 11 nitrogen and oxygen atoms in total. The van der Waals surface area contributed by atoms with Gasteiger partial charge in [-0.3, -0.25) is 19.3 Å². The number of carboxylic acids is 3. The number of amides is 1. The Balaban J connectivity index is 2.86. The van der Waals surface area contributed by atoms with Crippen molar-refractivity contribution in [3.05, 3.63) is 71.8 Å². The third kappa shape index (κ3) is 7.87. The summed E-state index contributed by atoms with van der Waals surface area (Å²) in [6, 6.07) is 14.4. The molecule has 0 aliphatic rings. The molecule has 2 aromatic carbocycles. The molecule has 11 heteroatoms. The number of ether oxygens (including phenoxy) is 1. The SMILES string of the molecule is CC(C)(C)OC(=O)N(Cc1ccccc1)[C@@](C(=O)O)(C(=O)[C@@H](N)CCC(=O)O)C(Cc1ccccc1)C(=O)O. The van der Waals surface area contributed by atoms with Crippen LogP contribution in [0.4, 0.5) is 4.79 Å². The molecular weight excluding hydrogens is 508 g/mol. The van der Waals surface area contributed by atoms with Crippen LogP contribution in [0.3, 0.4) is 0 Å². The number of nitrogens with zero attached hydrogens (tertiary/aromatic N) is 1. The fourth-order valence-electron chi connectivity index (χ4n) is 4.24. The summed E-state index contributed by atoms with van der Waals surface area (Å²) < 4.78 is 5.48. The molecule has 0 heterocycles. The van der Waals surface area contributed by atoms with Crippen LogP contribution in [0.1, 0.15) is 44.7 Å². The zero-order chi connectivity index (χ0) is 29.4. The third-order valence-electron chi connectivity index (χ3n) is 6.02. The van der Waals surface area contributed by atoms with Gasteiger partial charge < -0.3 is 25.8 Å². The summed E-state index contributed by atoms with van der Waals surface area (Å²) >= 11 is 0. The number of Topliss-reactive ketones (excluding diaryl/α,β-unsaturated/α-hetero) is 1. The molecule has 210 valence electrons. The van der Waals surface area contributed by atoms with E-state index in [1.54, 1.807) is 60.7 Å². The molecule has 0 fully saturated rings. The van der Waals surface area contributed by atoms with Gasteiger partial charge in [-0.15, -0.1) is 0 Å². The smallest absolute Gasteiger partial charge is 0.411 e. The van der Waals surface area contributed by atoms with Crippen LogP contribution in [0.5, 0.6) is 0 Å². The summed E-state index contributed by atoms with van der Waals surface area (Å²) in [5.41, 5.74) is 2.63. The summed E-state index contributed by atoms with van der Waals surface area (Å²) in [5, 5.41) is 30.2. The molecule has 39 heavy (non-hydrogen) atoms. The largest absolute Gasteiger partial charge is 0.481 e. The van der Waals surface area contributed by atoms with E-state index < -0.39 is 78.7 Å². The van der Waals surface area contributed by atoms with Crippen LogP contribution in [0.25, 0.3) is 0 Å². The molecule has 2 aromatic rings. The lowest BCUT2D eigenvalue weighted by atomic mass is 9.72. The lowest BCUT2D eigenvalue weighted by Gasteiger charge is -2.44. The molecule has 3 atom stereocenters. The van der Waals surface area contributed by atoms with Crippen LogP contribution >= 0.6 is 0 Å². The highest BCUT2D eigenvalue weighted by atomic mass is 16.6. The zero-order valence-corrected chi connectivity index (χ0v) is 22.1. The number of ketones is 1. The van der Waals surface area contributed by atoms with Gasteiger partial charge in [0.25, 0.3) is 0 Å². The van der Waals surface area contributed by atoms with Crippen molar-refractivity contribution in [1.29, 1.82) is 0 Å². The number of carbonyl (C=O) groups is 5. The number of hydrogen-bond acceptors (Lipinski definition) is 7. The second-order valence-corrected chi connectivity index (χ2v) is 10.1. The number of carboxylic acid groups (broad SMARTS) is 3. The Bertz CT molecular complexity index is 1180. The van der Waals surface area contributed by atoms with Gasteiger partial charge in [0, 0.05) is 6.42 Å². The Morgan fingerprint density at radius 1 is 0.872 bits per heavy atom.